The fourth-order valence-electron chi connectivity index (χ4n) is 9.51. The third kappa shape index (κ3) is 5.81. The molecule has 294 valence electrons. The highest BCUT2D eigenvalue weighted by Crippen LogP contribution is 2.39. The van der Waals surface area contributed by atoms with Crippen LogP contribution in [0.2, 0.25) is 0 Å². The third-order valence-electron chi connectivity index (χ3n) is 12.3. The van der Waals surface area contributed by atoms with Gasteiger partial charge >= 0.3 is 0 Å². The second kappa shape index (κ2) is 14.5. The Morgan fingerprint density at radius 2 is 1.21 bits per heavy atom. The van der Waals surface area contributed by atoms with Gasteiger partial charge < -0.3 is 18.9 Å². The van der Waals surface area contributed by atoms with Gasteiger partial charge in [-0.3, -0.25) is 4.99 Å². The zero-order chi connectivity index (χ0) is 41.1. The maximum absolute atomic E-state index is 6.60. The zero-order valence-corrected chi connectivity index (χ0v) is 34.0. The van der Waals surface area contributed by atoms with Crippen molar-refractivity contribution >= 4 is 78.5 Å². The van der Waals surface area contributed by atoms with Crippen LogP contribution in [0.5, 0.6) is 0 Å². The van der Waals surface area contributed by atoms with E-state index in [1.807, 2.05) is 31.4 Å². The molecule has 0 bridgehead atoms. The molecule has 2 aliphatic heterocycles. The van der Waals surface area contributed by atoms with Crippen LogP contribution in [0, 0.1) is 0 Å². The lowest BCUT2D eigenvalue weighted by atomic mass is 9.93. The first kappa shape index (κ1) is 35.8. The molecule has 10 aromatic rings. The molecule has 1 atom stereocenters. The Morgan fingerprint density at radius 1 is 0.581 bits per heavy atom. The summed E-state index contributed by atoms with van der Waals surface area (Å²) in [5.74, 6) is 0. The standard InChI is InChI=1S/C57H40N4O/c1-2-3-24-55-49(35-40-34-46(37-15-6-4-7-16-37)45-21-14-31-58-57(45)59-40)50-36-42(27-30-56(50)62-55)61-52-23-13-11-20-44(52)48-33-39(26-29-54(48)61)38-25-28-53-47(32-38)43-19-10-12-22-51(43)60(53)41-17-8-5-9-18-41/h2-36,57,59H,1H3/b3-2-,49-35?,55-24+. The molecular formula is C57H40N4O. The van der Waals surface area contributed by atoms with Crippen LogP contribution in [0.25, 0.3) is 94.8 Å². The molecule has 5 nitrogen and oxygen atoms in total. The van der Waals surface area contributed by atoms with Gasteiger partial charge in [0.05, 0.1) is 22.1 Å². The average molecular weight is 797 g/mol. The Hall–Kier alpha value is -8.15. The van der Waals surface area contributed by atoms with Gasteiger partial charge in [-0.05, 0) is 120 Å². The van der Waals surface area contributed by atoms with Crippen molar-refractivity contribution in [3.8, 4) is 22.5 Å². The summed E-state index contributed by atoms with van der Waals surface area (Å²) in [6, 6.07) is 59.0. The second-order valence-electron chi connectivity index (χ2n) is 15.9. The van der Waals surface area contributed by atoms with E-state index in [1.54, 1.807) is 0 Å². The molecule has 0 aliphatic carbocycles. The number of nitrogens with one attached hydrogen (secondary N) is 1. The summed E-state index contributed by atoms with van der Waals surface area (Å²) in [5, 5.41) is 10.7. The van der Waals surface area contributed by atoms with Crippen molar-refractivity contribution in [3.63, 3.8) is 0 Å². The Labute approximate surface area is 358 Å². The number of dihydropyridines is 2. The van der Waals surface area contributed by atoms with Crippen LogP contribution in [-0.4, -0.2) is 21.5 Å². The van der Waals surface area contributed by atoms with Gasteiger partial charge in [0.25, 0.3) is 0 Å². The summed E-state index contributed by atoms with van der Waals surface area (Å²) in [4.78, 5) is 4.82. The molecule has 0 amide bonds. The Morgan fingerprint density at radius 3 is 1.90 bits per heavy atom. The number of aromatic nitrogens is 2. The number of benzene rings is 7. The molecule has 3 aromatic heterocycles. The van der Waals surface area contributed by atoms with Crippen molar-refractivity contribution in [2.45, 2.75) is 13.1 Å². The molecule has 2 aliphatic rings. The summed E-state index contributed by atoms with van der Waals surface area (Å²) in [6.07, 6.45) is 16.4. The van der Waals surface area contributed by atoms with E-state index < -0.39 is 0 Å². The molecule has 0 saturated carbocycles. The fourth-order valence-corrected chi connectivity index (χ4v) is 9.51. The van der Waals surface area contributed by atoms with Crippen LogP contribution >= 0.6 is 0 Å². The maximum Gasteiger partial charge on any atom is 0.145 e. The average Bonchev–Trinajstić information content (AvgIpc) is 3.97. The van der Waals surface area contributed by atoms with Crippen molar-refractivity contribution in [1.29, 1.82) is 0 Å². The predicted octanol–water partition coefficient (Wildman–Crippen LogP) is 12.3. The van der Waals surface area contributed by atoms with Gasteiger partial charge in [-0.2, -0.15) is 0 Å². The maximum atomic E-state index is 6.60. The lowest BCUT2D eigenvalue weighted by Gasteiger charge is -2.27. The number of aliphatic imine (C=N–C) groups is 1. The lowest BCUT2D eigenvalue weighted by molar-refractivity contribution is 0.575. The molecule has 1 N–H and O–H groups in total. The number of allylic oxidation sites excluding steroid dienone is 6. The molecule has 1 unspecified atom stereocenters. The minimum Gasteiger partial charge on any atom is -0.456 e. The van der Waals surface area contributed by atoms with Crippen LogP contribution in [0.3, 0.4) is 0 Å². The van der Waals surface area contributed by atoms with E-state index in [0.717, 1.165) is 66.4 Å². The zero-order valence-electron chi connectivity index (χ0n) is 34.0. The third-order valence-corrected chi connectivity index (χ3v) is 12.3. The normalized spacial score (nSPS) is 15.8. The largest absolute Gasteiger partial charge is 0.456 e. The quantitative estimate of drug-likeness (QED) is 0.182. The van der Waals surface area contributed by atoms with E-state index in [1.165, 1.54) is 43.7 Å². The first-order valence-corrected chi connectivity index (χ1v) is 21.2. The minimum atomic E-state index is -0.178. The molecule has 5 heteroatoms. The van der Waals surface area contributed by atoms with Crippen molar-refractivity contribution in [3.05, 3.63) is 222 Å². The van der Waals surface area contributed by atoms with Gasteiger partial charge in [0.1, 0.15) is 17.2 Å². The Balaban J connectivity index is 1.01. The van der Waals surface area contributed by atoms with Crippen molar-refractivity contribution < 1.29 is 4.42 Å². The topological polar surface area (TPSA) is 47.4 Å². The Bertz CT molecular complexity index is 3720. The SMILES string of the molecule is C/C=C\C=c1\oc2ccc(-n3c4ccccc4c4cc(-c5ccc6c(c5)c5ccccc5n6-c5ccccc5)ccc43)cc2c1=CC1=CC(c2ccccc2)=C2C=CC=NC2N1. The van der Waals surface area contributed by atoms with E-state index in [2.05, 4.69) is 203 Å². The highest BCUT2D eigenvalue weighted by Gasteiger charge is 2.23. The van der Waals surface area contributed by atoms with Gasteiger partial charge in [0.15, 0.2) is 0 Å². The van der Waals surface area contributed by atoms with Gasteiger partial charge in [-0.25, -0.2) is 0 Å². The molecular weight excluding hydrogens is 757 g/mol. The van der Waals surface area contributed by atoms with E-state index >= 15 is 0 Å². The predicted molar refractivity (Wildman–Crippen MR) is 259 cm³/mol. The fraction of sp³-hybridized carbons (Fsp3) is 0.0351. The summed E-state index contributed by atoms with van der Waals surface area (Å²) in [6.45, 7) is 2.02. The van der Waals surface area contributed by atoms with Crippen LogP contribution < -0.4 is 16.0 Å². The molecule has 12 rings (SSSR count). The van der Waals surface area contributed by atoms with E-state index in [-0.39, 0.29) is 6.17 Å². The molecule has 7 aromatic carbocycles. The number of rotatable bonds is 6. The van der Waals surface area contributed by atoms with E-state index in [9.17, 15) is 0 Å². The van der Waals surface area contributed by atoms with Crippen molar-refractivity contribution in [2.24, 2.45) is 4.99 Å². The molecule has 0 saturated heterocycles. The number of furan rings is 1. The van der Waals surface area contributed by atoms with Crippen molar-refractivity contribution in [1.82, 2.24) is 14.5 Å². The number of nitrogens with zero attached hydrogens (tertiary/aromatic N) is 3. The molecule has 62 heavy (non-hydrogen) atoms. The van der Waals surface area contributed by atoms with Crippen LogP contribution in [-0.2, 0) is 0 Å². The summed E-state index contributed by atoms with van der Waals surface area (Å²) in [5.41, 5.74) is 15.4. The van der Waals surface area contributed by atoms with Crippen LogP contribution in [0.1, 0.15) is 12.5 Å². The van der Waals surface area contributed by atoms with Gasteiger partial charge in [0.2, 0.25) is 0 Å². The number of para-hydroxylation sites is 3. The number of hydrogen-bond acceptors (Lipinski definition) is 3. The van der Waals surface area contributed by atoms with Gasteiger partial charge in [-0.15, -0.1) is 0 Å². The van der Waals surface area contributed by atoms with Crippen molar-refractivity contribution in [2.75, 3.05) is 0 Å². The summed E-state index contributed by atoms with van der Waals surface area (Å²) in [7, 11) is 0. The van der Waals surface area contributed by atoms with Crippen LogP contribution in [0.15, 0.2) is 215 Å². The monoisotopic (exact) mass is 796 g/mol. The summed E-state index contributed by atoms with van der Waals surface area (Å²) < 4.78 is 11.4. The first-order chi connectivity index (χ1) is 30.7. The molecule has 0 fully saturated rings. The van der Waals surface area contributed by atoms with E-state index in [4.69, 9.17) is 9.41 Å². The molecule has 5 heterocycles. The highest BCUT2D eigenvalue weighted by molar-refractivity contribution is 6.13. The van der Waals surface area contributed by atoms with Gasteiger partial charge in [-0.1, -0.05) is 115 Å². The van der Waals surface area contributed by atoms with Crippen LogP contribution in [0.4, 0.5) is 0 Å². The number of fused-ring (bicyclic) bond motifs is 8. The number of hydrogen-bond donors (Lipinski definition) is 1. The second-order valence-corrected chi connectivity index (χ2v) is 15.9. The minimum absolute atomic E-state index is 0.178. The highest BCUT2D eigenvalue weighted by atomic mass is 16.3. The lowest BCUT2D eigenvalue weighted by Crippen LogP contribution is -2.33. The Kier molecular flexibility index (Phi) is 8.39. The molecule has 0 spiro atoms. The smallest absolute Gasteiger partial charge is 0.145 e. The van der Waals surface area contributed by atoms with E-state index in [0.29, 0.717) is 0 Å². The first-order valence-electron chi connectivity index (χ1n) is 21.2. The van der Waals surface area contributed by atoms with Gasteiger partial charge in [0, 0.05) is 61.0 Å². The summed E-state index contributed by atoms with van der Waals surface area (Å²) >= 11 is 0. The molecule has 0 radical (unpaired) electrons.